The molecule has 1 aromatic heterocycles. The highest BCUT2D eigenvalue weighted by Crippen LogP contribution is 2.25. The maximum absolute atomic E-state index is 5.42. The Morgan fingerprint density at radius 1 is 1.32 bits per heavy atom. The predicted molar refractivity (Wildman–Crippen MR) is 80.9 cm³/mol. The van der Waals surface area contributed by atoms with Gasteiger partial charge in [-0.1, -0.05) is 0 Å². The SMILES string of the molecule is Cc1cnc(Nc2ccc(OCCN)cc2)c(Br)c1. The van der Waals surface area contributed by atoms with Crippen LogP contribution in [0.2, 0.25) is 0 Å². The summed E-state index contributed by atoms with van der Waals surface area (Å²) in [5, 5.41) is 3.24. The minimum absolute atomic E-state index is 0.514. The van der Waals surface area contributed by atoms with Crippen LogP contribution in [0.3, 0.4) is 0 Å². The Kier molecular flexibility index (Phi) is 4.76. The number of hydrogen-bond acceptors (Lipinski definition) is 4. The van der Waals surface area contributed by atoms with Crippen molar-refractivity contribution in [2.45, 2.75) is 6.92 Å². The molecule has 0 aliphatic rings. The number of halogens is 1. The molecule has 0 saturated carbocycles. The van der Waals surface area contributed by atoms with Crippen LogP contribution in [-0.2, 0) is 0 Å². The quantitative estimate of drug-likeness (QED) is 0.887. The molecule has 4 nitrogen and oxygen atoms in total. The van der Waals surface area contributed by atoms with Crippen LogP contribution in [0.1, 0.15) is 5.56 Å². The standard InChI is InChI=1S/C14H16BrN3O/c1-10-8-13(15)14(17-9-10)18-11-2-4-12(5-3-11)19-7-6-16/h2-5,8-9H,6-7,16H2,1H3,(H,17,18). The zero-order valence-electron chi connectivity index (χ0n) is 10.7. The molecule has 100 valence electrons. The van der Waals surface area contributed by atoms with E-state index < -0.39 is 0 Å². The van der Waals surface area contributed by atoms with Crippen LogP contribution in [-0.4, -0.2) is 18.1 Å². The molecule has 0 aliphatic carbocycles. The summed E-state index contributed by atoms with van der Waals surface area (Å²) in [7, 11) is 0. The molecule has 0 fully saturated rings. The van der Waals surface area contributed by atoms with Gasteiger partial charge in [0.1, 0.15) is 18.2 Å². The molecule has 2 aromatic rings. The third-order valence-corrected chi connectivity index (χ3v) is 3.09. The summed E-state index contributed by atoms with van der Waals surface area (Å²) in [6, 6.07) is 9.72. The monoisotopic (exact) mass is 321 g/mol. The first kappa shape index (κ1) is 13.8. The molecule has 0 radical (unpaired) electrons. The zero-order chi connectivity index (χ0) is 13.7. The molecule has 3 N–H and O–H groups in total. The van der Waals surface area contributed by atoms with Crippen molar-refractivity contribution >= 4 is 27.4 Å². The largest absolute Gasteiger partial charge is 0.492 e. The summed E-state index contributed by atoms with van der Waals surface area (Å²) >= 11 is 3.49. The molecular weight excluding hydrogens is 306 g/mol. The first-order chi connectivity index (χ1) is 9.19. The lowest BCUT2D eigenvalue weighted by atomic mass is 10.3. The van der Waals surface area contributed by atoms with Crippen molar-refractivity contribution in [3.8, 4) is 5.75 Å². The molecule has 5 heteroatoms. The van der Waals surface area contributed by atoms with E-state index in [1.54, 1.807) is 0 Å². The molecule has 0 spiro atoms. The summed E-state index contributed by atoms with van der Waals surface area (Å²) in [4.78, 5) is 4.34. The number of aromatic nitrogens is 1. The van der Waals surface area contributed by atoms with Gasteiger partial charge in [-0.3, -0.25) is 0 Å². The number of rotatable bonds is 5. The fourth-order valence-electron chi connectivity index (χ4n) is 1.57. The van der Waals surface area contributed by atoms with Crippen LogP contribution in [0.15, 0.2) is 41.0 Å². The van der Waals surface area contributed by atoms with Crippen molar-refractivity contribution in [1.82, 2.24) is 4.98 Å². The molecule has 2 rings (SSSR count). The minimum Gasteiger partial charge on any atom is -0.492 e. The lowest BCUT2D eigenvalue weighted by Crippen LogP contribution is -2.10. The normalized spacial score (nSPS) is 10.3. The zero-order valence-corrected chi connectivity index (χ0v) is 12.3. The van der Waals surface area contributed by atoms with Gasteiger partial charge in [0.05, 0.1) is 4.47 Å². The third-order valence-electron chi connectivity index (χ3n) is 2.48. The number of ether oxygens (including phenoxy) is 1. The van der Waals surface area contributed by atoms with Gasteiger partial charge in [-0.25, -0.2) is 4.98 Å². The Bertz CT molecular complexity index is 543. The molecule has 0 bridgehead atoms. The van der Waals surface area contributed by atoms with Crippen molar-refractivity contribution in [1.29, 1.82) is 0 Å². The van der Waals surface area contributed by atoms with Gasteiger partial charge in [0.15, 0.2) is 0 Å². The Hall–Kier alpha value is -1.59. The number of nitrogens with two attached hydrogens (primary N) is 1. The van der Waals surface area contributed by atoms with Gasteiger partial charge in [0.2, 0.25) is 0 Å². The maximum Gasteiger partial charge on any atom is 0.144 e. The fraction of sp³-hybridized carbons (Fsp3) is 0.214. The second kappa shape index (κ2) is 6.54. The second-order valence-electron chi connectivity index (χ2n) is 4.13. The van der Waals surface area contributed by atoms with E-state index in [1.807, 2.05) is 43.5 Å². The Labute approximate surface area is 121 Å². The summed E-state index contributed by atoms with van der Waals surface area (Å²) in [5.41, 5.74) is 7.46. The summed E-state index contributed by atoms with van der Waals surface area (Å²) < 4.78 is 6.36. The summed E-state index contributed by atoms with van der Waals surface area (Å²) in [5.74, 6) is 1.60. The summed E-state index contributed by atoms with van der Waals surface area (Å²) in [6.07, 6.45) is 1.83. The van der Waals surface area contributed by atoms with Crippen molar-refractivity contribution in [2.75, 3.05) is 18.5 Å². The van der Waals surface area contributed by atoms with Crippen molar-refractivity contribution in [3.63, 3.8) is 0 Å². The van der Waals surface area contributed by atoms with E-state index in [4.69, 9.17) is 10.5 Å². The van der Waals surface area contributed by atoms with Gasteiger partial charge in [-0.2, -0.15) is 0 Å². The lowest BCUT2D eigenvalue weighted by Gasteiger charge is -2.09. The topological polar surface area (TPSA) is 60.2 Å². The first-order valence-electron chi connectivity index (χ1n) is 6.01. The van der Waals surface area contributed by atoms with Crippen molar-refractivity contribution < 1.29 is 4.74 Å². The van der Waals surface area contributed by atoms with Crippen LogP contribution in [0.4, 0.5) is 11.5 Å². The first-order valence-corrected chi connectivity index (χ1v) is 6.80. The Morgan fingerprint density at radius 2 is 2.05 bits per heavy atom. The molecule has 0 saturated heterocycles. The number of hydrogen-bond donors (Lipinski definition) is 2. The summed E-state index contributed by atoms with van der Waals surface area (Å²) in [6.45, 7) is 3.04. The van der Waals surface area contributed by atoms with Crippen LogP contribution < -0.4 is 15.8 Å². The molecule has 0 unspecified atom stereocenters. The van der Waals surface area contributed by atoms with Crippen LogP contribution in [0.25, 0.3) is 0 Å². The smallest absolute Gasteiger partial charge is 0.144 e. The molecule has 1 heterocycles. The highest BCUT2D eigenvalue weighted by Gasteiger charge is 2.02. The molecule has 0 amide bonds. The van der Waals surface area contributed by atoms with Gasteiger partial charge in [-0.05, 0) is 58.7 Å². The average Bonchev–Trinajstić information content (AvgIpc) is 2.41. The molecule has 1 aromatic carbocycles. The van der Waals surface area contributed by atoms with Gasteiger partial charge in [0, 0.05) is 18.4 Å². The van der Waals surface area contributed by atoms with Crippen molar-refractivity contribution in [3.05, 3.63) is 46.6 Å². The average molecular weight is 322 g/mol. The van der Waals surface area contributed by atoms with E-state index in [1.165, 1.54) is 0 Å². The van der Waals surface area contributed by atoms with E-state index in [0.717, 1.165) is 27.3 Å². The number of aryl methyl sites for hydroxylation is 1. The molecule has 0 aliphatic heterocycles. The molecular formula is C14H16BrN3O. The fourth-order valence-corrected chi connectivity index (χ4v) is 2.14. The predicted octanol–water partition coefficient (Wildman–Crippen LogP) is 3.23. The van der Waals surface area contributed by atoms with Gasteiger partial charge in [0.25, 0.3) is 0 Å². The van der Waals surface area contributed by atoms with E-state index >= 15 is 0 Å². The van der Waals surface area contributed by atoms with Crippen LogP contribution >= 0.6 is 15.9 Å². The van der Waals surface area contributed by atoms with Crippen molar-refractivity contribution in [2.24, 2.45) is 5.73 Å². The number of benzene rings is 1. The lowest BCUT2D eigenvalue weighted by molar-refractivity contribution is 0.328. The van der Waals surface area contributed by atoms with E-state index in [9.17, 15) is 0 Å². The van der Waals surface area contributed by atoms with Crippen LogP contribution in [0.5, 0.6) is 5.75 Å². The minimum atomic E-state index is 0.514. The highest BCUT2D eigenvalue weighted by molar-refractivity contribution is 9.10. The van der Waals surface area contributed by atoms with E-state index in [-0.39, 0.29) is 0 Å². The van der Waals surface area contributed by atoms with Crippen LogP contribution in [0, 0.1) is 6.92 Å². The number of nitrogens with one attached hydrogen (secondary N) is 1. The van der Waals surface area contributed by atoms with E-state index in [0.29, 0.717) is 13.2 Å². The van der Waals surface area contributed by atoms with Gasteiger partial charge >= 0.3 is 0 Å². The van der Waals surface area contributed by atoms with Gasteiger partial charge < -0.3 is 15.8 Å². The van der Waals surface area contributed by atoms with E-state index in [2.05, 4.69) is 26.2 Å². The highest BCUT2D eigenvalue weighted by atomic mass is 79.9. The molecule has 0 atom stereocenters. The second-order valence-corrected chi connectivity index (χ2v) is 4.98. The Balaban J connectivity index is 2.06. The maximum atomic E-state index is 5.42. The molecule has 19 heavy (non-hydrogen) atoms. The number of anilines is 2. The third kappa shape index (κ3) is 3.94. The Morgan fingerprint density at radius 3 is 2.68 bits per heavy atom. The number of nitrogens with zero attached hydrogens (tertiary/aromatic N) is 1. The van der Waals surface area contributed by atoms with Gasteiger partial charge in [-0.15, -0.1) is 0 Å². The number of pyridine rings is 1.